The van der Waals surface area contributed by atoms with Gasteiger partial charge >= 0.3 is 5.97 Å². The Morgan fingerprint density at radius 2 is 1.89 bits per heavy atom. The minimum absolute atomic E-state index is 0.120. The average molecular weight is 402 g/mol. The van der Waals surface area contributed by atoms with Gasteiger partial charge in [0.05, 0.1) is 16.3 Å². The molecule has 1 aliphatic heterocycles. The van der Waals surface area contributed by atoms with Crippen molar-refractivity contribution in [1.29, 1.82) is 0 Å². The minimum atomic E-state index is -1.09. The standard InChI is InChI=1S/C19H16ClN3O5/c1-11(18(26)22-15-6-5-13(20)10-21-15)28-19(27)12-3-2-4-14(9-12)23-16(24)7-8-17(23)25/h2-6,9-11H,7-8H2,1H3,(H,21,22,26)/t11-/m0/s1. The number of anilines is 2. The third-order valence-electron chi connectivity index (χ3n) is 4.02. The zero-order chi connectivity index (χ0) is 20.3. The molecule has 3 amide bonds. The molecule has 28 heavy (non-hydrogen) atoms. The van der Waals surface area contributed by atoms with Crippen LogP contribution >= 0.6 is 11.6 Å². The molecule has 1 aliphatic rings. The molecule has 0 saturated carbocycles. The highest BCUT2D eigenvalue weighted by Crippen LogP contribution is 2.24. The van der Waals surface area contributed by atoms with Gasteiger partial charge in [-0.15, -0.1) is 0 Å². The number of rotatable bonds is 5. The van der Waals surface area contributed by atoms with Gasteiger partial charge in [-0.1, -0.05) is 17.7 Å². The van der Waals surface area contributed by atoms with E-state index in [-0.39, 0.29) is 36.0 Å². The fourth-order valence-electron chi connectivity index (χ4n) is 2.60. The van der Waals surface area contributed by atoms with Crippen LogP contribution in [0.1, 0.15) is 30.1 Å². The summed E-state index contributed by atoms with van der Waals surface area (Å²) in [5, 5.41) is 2.93. The van der Waals surface area contributed by atoms with E-state index in [1.165, 1.54) is 37.4 Å². The zero-order valence-electron chi connectivity index (χ0n) is 14.8. The van der Waals surface area contributed by atoms with E-state index in [1.807, 2.05) is 0 Å². The van der Waals surface area contributed by atoms with Crippen molar-refractivity contribution < 1.29 is 23.9 Å². The SMILES string of the molecule is C[C@H](OC(=O)c1cccc(N2C(=O)CCC2=O)c1)C(=O)Nc1ccc(Cl)cn1. The topological polar surface area (TPSA) is 106 Å². The van der Waals surface area contributed by atoms with Crippen molar-refractivity contribution >= 4 is 46.8 Å². The first-order valence-corrected chi connectivity index (χ1v) is 8.82. The van der Waals surface area contributed by atoms with Crippen LogP contribution in [0.2, 0.25) is 5.02 Å². The van der Waals surface area contributed by atoms with E-state index >= 15 is 0 Å². The van der Waals surface area contributed by atoms with Gasteiger partial charge in [-0.3, -0.25) is 19.3 Å². The van der Waals surface area contributed by atoms with Gasteiger partial charge in [0.15, 0.2) is 6.10 Å². The summed E-state index contributed by atoms with van der Waals surface area (Å²) >= 11 is 5.74. The summed E-state index contributed by atoms with van der Waals surface area (Å²) in [6.07, 6.45) is 0.566. The van der Waals surface area contributed by atoms with Gasteiger partial charge in [-0.05, 0) is 37.3 Å². The quantitative estimate of drug-likeness (QED) is 0.609. The Labute approximate surface area is 165 Å². The predicted octanol–water partition coefficient (Wildman–Crippen LogP) is 2.57. The van der Waals surface area contributed by atoms with Crippen LogP contribution in [0.25, 0.3) is 0 Å². The fourth-order valence-corrected chi connectivity index (χ4v) is 2.71. The largest absolute Gasteiger partial charge is 0.449 e. The maximum Gasteiger partial charge on any atom is 0.338 e. The highest BCUT2D eigenvalue weighted by atomic mass is 35.5. The number of pyridine rings is 1. The maximum atomic E-state index is 12.4. The monoisotopic (exact) mass is 401 g/mol. The Kier molecular flexibility index (Phi) is 5.70. The second-order valence-electron chi connectivity index (χ2n) is 6.07. The molecule has 1 aromatic carbocycles. The number of hydrogen-bond donors (Lipinski definition) is 1. The van der Waals surface area contributed by atoms with Crippen LogP contribution in [0.3, 0.4) is 0 Å². The fraction of sp³-hybridized carbons (Fsp3) is 0.211. The molecular weight excluding hydrogens is 386 g/mol. The molecule has 3 rings (SSSR count). The Morgan fingerprint density at radius 1 is 1.18 bits per heavy atom. The first-order valence-electron chi connectivity index (χ1n) is 8.44. The summed E-state index contributed by atoms with van der Waals surface area (Å²) in [6, 6.07) is 9.03. The molecule has 0 spiro atoms. The number of benzene rings is 1. The number of halogens is 1. The van der Waals surface area contributed by atoms with Crippen LogP contribution in [0.5, 0.6) is 0 Å². The van der Waals surface area contributed by atoms with E-state index in [2.05, 4.69) is 10.3 Å². The molecule has 2 aromatic rings. The van der Waals surface area contributed by atoms with E-state index < -0.39 is 18.0 Å². The summed E-state index contributed by atoms with van der Waals surface area (Å²) in [5.41, 5.74) is 0.415. The molecule has 0 unspecified atom stereocenters. The second kappa shape index (κ2) is 8.18. The van der Waals surface area contributed by atoms with Crippen molar-refractivity contribution in [2.75, 3.05) is 10.2 Å². The molecule has 1 N–H and O–H groups in total. The summed E-state index contributed by atoms with van der Waals surface area (Å²) in [5.74, 6) is -1.69. The molecule has 0 radical (unpaired) electrons. The third-order valence-corrected chi connectivity index (χ3v) is 4.25. The van der Waals surface area contributed by atoms with E-state index in [9.17, 15) is 19.2 Å². The predicted molar refractivity (Wildman–Crippen MR) is 101 cm³/mol. The lowest BCUT2D eigenvalue weighted by molar-refractivity contribution is -0.124. The van der Waals surface area contributed by atoms with E-state index in [1.54, 1.807) is 12.1 Å². The van der Waals surface area contributed by atoms with Gasteiger partial charge in [-0.25, -0.2) is 9.78 Å². The molecule has 1 saturated heterocycles. The van der Waals surface area contributed by atoms with Crippen LogP contribution < -0.4 is 10.2 Å². The molecule has 144 valence electrons. The van der Waals surface area contributed by atoms with Crippen LogP contribution in [-0.2, 0) is 19.1 Å². The lowest BCUT2D eigenvalue weighted by atomic mass is 10.2. The highest BCUT2D eigenvalue weighted by molar-refractivity contribution is 6.30. The van der Waals surface area contributed by atoms with E-state index in [0.717, 1.165) is 4.90 Å². The molecule has 1 aromatic heterocycles. The maximum absolute atomic E-state index is 12.4. The Bertz CT molecular complexity index is 929. The van der Waals surface area contributed by atoms with Crippen LogP contribution in [0, 0.1) is 0 Å². The molecule has 1 atom stereocenters. The number of hydrogen-bond acceptors (Lipinski definition) is 6. The molecule has 0 bridgehead atoms. The number of ether oxygens (including phenoxy) is 1. The van der Waals surface area contributed by atoms with Crippen molar-refractivity contribution in [3.8, 4) is 0 Å². The van der Waals surface area contributed by atoms with Crippen molar-refractivity contribution in [2.45, 2.75) is 25.9 Å². The van der Waals surface area contributed by atoms with Crippen molar-refractivity contribution in [1.82, 2.24) is 4.98 Å². The van der Waals surface area contributed by atoms with Crippen molar-refractivity contribution in [3.63, 3.8) is 0 Å². The number of imide groups is 1. The van der Waals surface area contributed by atoms with Crippen molar-refractivity contribution in [3.05, 3.63) is 53.2 Å². The first kappa shape index (κ1) is 19.5. The zero-order valence-corrected chi connectivity index (χ0v) is 15.6. The Hall–Kier alpha value is -3.26. The van der Waals surface area contributed by atoms with Gasteiger partial charge in [0, 0.05) is 19.0 Å². The van der Waals surface area contributed by atoms with E-state index in [0.29, 0.717) is 10.7 Å². The van der Waals surface area contributed by atoms with Crippen LogP contribution in [-0.4, -0.2) is 34.8 Å². The number of carbonyl (C=O) groups excluding carboxylic acids is 4. The Morgan fingerprint density at radius 3 is 2.54 bits per heavy atom. The molecular formula is C19H16ClN3O5. The van der Waals surface area contributed by atoms with E-state index in [4.69, 9.17) is 16.3 Å². The smallest absolute Gasteiger partial charge is 0.338 e. The summed E-state index contributed by atoms with van der Waals surface area (Å²) in [4.78, 5) is 53.2. The van der Waals surface area contributed by atoms with Gasteiger partial charge in [0.25, 0.3) is 5.91 Å². The normalized spacial score (nSPS) is 14.7. The molecule has 8 nitrogen and oxygen atoms in total. The second-order valence-corrected chi connectivity index (χ2v) is 6.51. The van der Waals surface area contributed by atoms with Gasteiger partial charge in [0.2, 0.25) is 11.8 Å². The van der Waals surface area contributed by atoms with Crippen LogP contribution in [0.4, 0.5) is 11.5 Å². The number of esters is 1. The number of aromatic nitrogens is 1. The minimum Gasteiger partial charge on any atom is -0.449 e. The summed E-state index contributed by atoms with van der Waals surface area (Å²) in [7, 11) is 0. The van der Waals surface area contributed by atoms with Gasteiger partial charge < -0.3 is 10.1 Å². The molecule has 2 heterocycles. The molecule has 1 fully saturated rings. The van der Waals surface area contributed by atoms with Crippen molar-refractivity contribution in [2.24, 2.45) is 0 Å². The Balaban J connectivity index is 1.66. The number of carbonyl (C=O) groups is 4. The first-order chi connectivity index (χ1) is 13.3. The lowest BCUT2D eigenvalue weighted by Gasteiger charge is -2.16. The van der Waals surface area contributed by atoms with Crippen LogP contribution in [0.15, 0.2) is 42.6 Å². The highest BCUT2D eigenvalue weighted by Gasteiger charge is 2.30. The number of nitrogens with one attached hydrogen (secondary N) is 1. The average Bonchev–Trinajstić information content (AvgIpc) is 3.01. The summed E-state index contributed by atoms with van der Waals surface area (Å²) < 4.78 is 5.17. The van der Waals surface area contributed by atoms with Gasteiger partial charge in [-0.2, -0.15) is 0 Å². The van der Waals surface area contributed by atoms with Gasteiger partial charge in [0.1, 0.15) is 5.82 Å². The summed E-state index contributed by atoms with van der Waals surface area (Å²) in [6.45, 7) is 1.42. The number of nitrogens with zero attached hydrogens (tertiary/aromatic N) is 2. The molecule has 9 heteroatoms. The molecule has 0 aliphatic carbocycles. The third kappa shape index (κ3) is 4.34. The lowest BCUT2D eigenvalue weighted by Crippen LogP contribution is -2.31. The number of amides is 3.